The zero-order valence-electron chi connectivity index (χ0n) is 20.2. The first-order chi connectivity index (χ1) is 18.1. The topological polar surface area (TPSA) is 84.1 Å². The standard InChI is InChI=1S/C31H25N3O3/c1-37-30(22-11-6-3-7-12-22)31(36)32-25-14-8-13-23(19-25)29(35)24-16-17-26-27(33-34-28(26)20-24)18-15-21-9-4-2-5-10-21/h2-20,30H,1H3,(H,32,36)(H,33,34)/b18-15+/t30-/m0/s1. The molecule has 0 spiro atoms. The Morgan fingerprint density at radius 1 is 0.838 bits per heavy atom. The normalized spacial score (nSPS) is 12.0. The average molecular weight is 488 g/mol. The Balaban J connectivity index is 1.33. The molecule has 1 amide bonds. The van der Waals surface area contributed by atoms with Gasteiger partial charge in [0.25, 0.3) is 5.91 Å². The Hall–Kier alpha value is -4.81. The lowest BCUT2D eigenvalue weighted by Gasteiger charge is -2.16. The number of nitrogens with zero attached hydrogens (tertiary/aromatic N) is 1. The first-order valence-corrected chi connectivity index (χ1v) is 11.9. The molecule has 0 aliphatic rings. The fourth-order valence-electron chi connectivity index (χ4n) is 4.18. The van der Waals surface area contributed by atoms with Crippen LogP contribution >= 0.6 is 0 Å². The molecule has 5 rings (SSSR count). The van der Waals surface area contributed by atoms with E-state index < -0.39 is 6.10 Å². The summed E-state index contributed by atoms with van der Waals surface area (Å²) in [5.41, 5.74) is 4.91. The third-order valence-corrected chi connectivity index (χ3v) is 6.06. The van der Waals surface area contributed by atoms with Gasteiger partial charge >= 0.3 is 0 Å². The van der Waals surface area contributed by atoms with Crippen LogP contribution in [0.3, 0.4) is 0 Å². The number of nitrogens with one attached hydrogen (secondary N) is 2. The van der Waals surface area contributed by atoms with Crippen LogP contribution in [0.2, 0.25) is 0 Å². The van der Waals surface area contributed by atoms with E-state index in [4.69, 9.17) is 4.74 Å². The number of aromatic amines is 1. The third kappa shape index (κ3) is 5.39. The zero-order valence-corrected chi connectivity index (χ0v) is 20.2. The smallest absolute Gasteiger partial charge is 0.258 e. The molecule has 0 saturated heterocycles. The van der Waals surface area contributed by atoms with Crippen molar-refractivity contribution in [3.8, 4) is 0 Å². The Morgan fingerprint density at radius 3 is 2.32 bits per heavy atom. The molecule has 2 N–H and O–H groups in total. The number of anilines is 1. The van der Waals surface area contributed by atoms with Gasteiger partial charge in [-0.15, -0.1) is 0 Å². The molecule has 6 heteroatoms. The van der Waals surface area contributed by atoms with Crippen molar-refractivity contribution in [2.75, 3.05) is 12.4 Å². The molecule has 6 nitrogen and oxygen atoms in total. The highest BCUT2D eigenvalue weighted by Crippen LogP contribution is 2.23. The van der Waals surface area contributed by atoms with Crippen molar-refractivity contribution < 1.29 is 14.3 Å². The van der Waals surface area contributed by atoms with Crippen LogP contribution in [0.15, 0.2) is 103 Å². The minimum absolute atomic E-state index is 0.152. The molecule has 37 heavy (non-hydrogen) atoms. The van der Waals surface area contributed by atoms with Gasteiger partial charge in [-0.1, -0.05) is 84.9 Å². The van der Waals surface area contributed by atoms with Crippen LogP contribution in [-0.4, -0.2) is 29.0 Å². The monoisotopic (exact) mass is 487 g/mol. The number of hydrogen-bond donors (Lipinski definition) is 2. The lowest BCUT2D eigenvalue weighted by molar-refractivity contribution is -0.126. The molecule has 0 aliphatic heterocycles. The average Bonchev–Trinajstić information content (AvgIpc) is 3.35. The highest BCUT2D eigenvalue weighted by atomic mass is 16.5. The summed E-state index contributed by atoms with van der Waals surface area (Å²) in [6, 6.07) is 31.6. The Labute approximate surface area is 214 Å². The van der Waals surface area contributed by atoms with E-state index in [0.717, 1.165) is 27.7 Å². The number of H-pyrrole nitrogens is 1. The molecule has 1 aromatic heterocycles. The second kappa shape index (κ2) is 10.8. The van der Waals surface area contributed by atoms with Gasteiger partial charge in [-0.3, -0.25) is 14.7 Å². The second-order valence-electron chi connectivity index (χ2n) is 8.54. The van der Waals surface area contributed by atoms with Gasteiger partial charge in [0.15, 0.2) is 11.9 Å². The van der Waals surface area contributed by atoms with E-state index in [1.54, 1.807) is 36.4 Å². The number of ether oxygens (including phenoxy) is 1. The van der Waals surface area contributed by atoms with E-state index in [2.05, 4.69) is 15.5 Å². The zero-order chi connectivity index (χ0) is 25.6. The molecule has 0 aliphatic carbocycles. The summed E-state index contributed by atoms with van der Waals surface area (Å²) in [5, 5.41) is 11.2. The van der Waals surface area contributed by atoms with Crippen LogP contribution in [0.1, 0.15) is 38.8 Å². The summed E-state index contributed by atoms with van der Waals surface area (Å²) in [4.78, 5) is 26.1. The maximum Gasteiger partial charge on any atom is 0.258 e. The van der Waals surface area contributed by atoms with Gasteiger partial charge in [0.2, 0.25) is 0 Å². The first kappa shape index (κ1) is 23.9. The molecule has 5 aromatic rings. The predicted octanol–water partition coefficient (Wildman–Crippen LogP) is 6.29. The van der Waals surface area contributed by atoms with Crippen molar-refractivity contribution in [3.05, 3.63) is 131 Å². The number of rotatable bonds is 8. The molecular weight excluding hydrogens is 462 g/mol. The number of carbonyl (C=O) groups is 2. The van der Waals surface area contributed by atoms with Crippen LogP contribution in [0.4, 0.5) is 5.69 Å². The molecule has 0 fully saturated rings. The van der Waals surface area contributed by atoms with Crippen molar-refractivity contribution in [3.63, 3.8) is 0 Å². The second-order valence-corrected chi connectivity index (χ2v) is 8.54. The van der Waals surface area contributed by atoms with Crippen molar-refractivity contribution >= 4 is 40.4 Å². The van der Waals surface area contributed by atoms with Gasteiger partial charge in [-0.2, -0.15) is 5.10 Å². The lowest BCUT2D eigenvalue weighted by atomic mass is 10.0. The van der Waals surface area contributed by atoms with Crippen LogP contribution in [0.25, 0.3) is 23.1 Å². The van der Waals surface area contributed by atoms with E-state index in [9.17, 15) is 9.59 Å². The minimum Gasteiger partial charge on any atom is -0.367 e. The van der Waals surface area contributed by atoms with Gasteiger partial charge in [-0.05, 0) is 41.5 Å². The number of ketones is 1. The summed E-state index contributed by atoms with van der Waals surface area (Å²) in [6.07, 6.45) is 3.19. The Bertz CT molecular complexity index is 1570. The van der Waals surface area contributed by atoms with Crippen molar-refractivity contribution in [2.45, 2.75) is 6.10 Å². The fraction of sp³-hybridized carbons (Fsp3) is 0.0645. The van der Waals surface area contributed by atoms with Crippen LogP contribution < -0.4 is 5.32 Å². The number of amides is 1. The quantitative estimate of drug-likeness (QED) is 0.252. The van der Waals surface area contributed by atoms with Gasteiger partial charge in [0.05, 0.1) is 11.2 Å². The van der Waals surface area contributed by atoms with E-state index >= 15 is 0 Å². The number of fused-ring (bicyclic) bond motifs is 1. The SMILES string of the molecule is CO[C@H](C(=O)Nc1cccc(C(=O)c2ccc3c(/C=C/c4ccccc4)n[nH]c3c2)c1)c1ccccc1. The molecule has 1 atom stereocenters. The highest BCUT2D eigenvalue weighted by Gasteiger charge is 2.20. The lowest BCUT2D eigenvalue weighted by Crippen LogP contribution is -2.22. The Morgan fingerprint density at radius 2 is 1.57 bits per heavy atom. The minimum atomic E-state index is -0.756. The summed E-state index contributed by atoms with van der Waals surface area (Å²) in [6.45, 7) is 0. The molecule has 0 bridgehead atoms. The van der Waals surface area contributed by atoms with Crippen molar-refractivity contribution in [1.29, 1.82) is 0 Å². The van der Waals surface area contributed by atoms with E-state index in [1.165, 1.54) is 7.11 Å². The molecule has 0 saturated carbocycles. The molecule has 4 aromatic carbocycles. The maximum absolute atomic E-state index is 13.3. The summed E-state index contributed by atoms with van der Waals surface area (Å²) < 4.78 is 5.41. The van der Waals surface area contributed by atoms with E-state index in [1.807, 2.05) is 78.9 Å². The van der Waals surface area contributed by atoms with Gasteiger partial charge in [-0.25, -0.2) is 0 Å². The maximum atomic E-state index is 13.3. The van der Waals surface area contributed by atoms with E-state index in [-0.39, 0.29) is 11.7 Å². The fourth-order valence-corrected chi connectivity index (χ4v) is 4.18. The van der Waals surface area contributed by atoms with Gasteiger partial charge < -0.3 is 10.1 Å². The third-order valence-electron chi connectivity index (χ3n) is 6.06. The molecule has 1 heterocycles. The summed E-state index contributed by atoms with van der Waals surface area (Å²) in [7, 11) is 1.49. The number of methoxy groups -OCH3 is 1. The van der Waals surface area contributed by atoms with Crippen molar-refractivity contribution in [1.82, 2.24) is 10.2 Å². The van der Waals surface area contributed by atoms with Gasteiger partial charge in [0, 0.05) is 29.3 Å². The highest BCUT2D eigenvalue weighted by molar-refractivity contribution is 6.11. The van der Waals surface area contributed by atoms with E-state index in [0.29, 0.717) is 16.8 Å². The first-order valence-electron chi connectivity index (χ1n) is 11.9. The Kier molecular flexibility index (Phi) is 7.01. The van der Waals surface area contributed by atoms with Crippen LogP contribution in [-0.2, 0) is 9.53 Å². The number of hydrogen-bond acceptors (Lipinski definition) is 4. The van der Waals surface area contributed by atoms with Crippen molar-refractivity contribution in [2.24, 2.45) is 0 Å². The summed E-state index contributed by atoms with van der Waals surface area (Å²) in [5.74, 6) is -0.464. The molecule has 0 radical (unpaired) electrons. The molecular formula is C31H25N3O3. The molecule has 0 unspecified atom stereocenters. The van der Waals surface area contributed by atoms with Crippen LogP contribution in [0, 0.1) is 0 Å². The summed E-state index contributed by atoms with van der Waals surface area (Å²) >= 11 is 0. The van der Waals surface area contributed by atoms with Gasteiger partial charge in [0.1, 0.15) is 0 Å². The largest absolute Gasteiger partial charge is 0.367 e. The number of carbonyl (C=O) groups excluding carboxylic acids is 2. The molecule has 182 valence electrons. The van der Waals surface area contributed by atoms with Crippen LogP contribution in [0.5, 0.6) is 0 Å². The number of benzene rings is 4. The predicted molar refractivity (Wildman–Crippen MR) is 146 cm³/mol. The number of aromatic nitrogens is 2.